The SMILES string of the molecule is CCCNc1cc(NCC(F)F)ccn1. The number of hydrogen-bond donors (Lipinski definition) is 2. The van der Waals surface area contributed by atoms with Crippen LogP contribution in [-0.4, -0.2) is 24.5 Å². The lowest BCUT2D eigenvalue weighted by Gasteiger charge is -2.08. The van der Waals surface area contributed by atoms with E-state index in [0.717, 1.165) is 13.0 Å². The molecule has 1 heterocycles. The normalized spacial score (nSPS) is 10.4. The zero-order chi connectivity index (χ0) is 11.1. The van der Waals surface area contributed by atoms with Crippen LogP contribution in [0.25, 0.3) is 0 Å². The molecular formula is C10H15F2N3. The van der Waals surface area contributed by atoms with Gasteiger partial charge in [0, 0.05) is 24.5 Å². The van der Waals surface area contributed by atoms with Crippen molar-refractivity contribution in [2.24, 2.45) is 0 Å². The highest BCUT2D eigenvalue weighted by atomic mass is 19.3. The molecule has 1 aromatic rings. The summed E-state index contributed by atoms with van der Waals surface area (Å²) in [5.74, 6) is 0.705. The van der Waals surface area contributed by atoms with Gasteiger partial charge in [0.05, 0.1) is 6.54 Å². The Morgan fingerprint density at radius 2 is 2.20 bits per heavy atom. The monoisotopic (exact) mass is 215 g/mol. The summed E-state index contributed by atoms with van der Waals surface area (Å²) >= 11 is 0. The third-order valence-electron chi connectivity index (χ3n) is 1.78. The Bertz CT molecular complexity index is 292. The maximum Gasteiger partial charge on any atom is 0.255 e. The largest absolute Gasteiger partial charge is 0.379 e. The Hall–Kier alpha value is -1.39. The van der Waals surface area contributed by atoms with E-state index in [2.05, 4.69) is 15.6 Å². The van der Waals surface area contributed by atoms with E-state index >= 15 is 0 Å². The van der Waals surface area contributed by atoms with Gasteiger partial charge in [-0.3, -0.25) is 0 Å². The summed E-state index contributed by atoms with van der Waals surface area (Å²) in [4.78, 5) is 4.07. The zero-order valence-corrected chi connectivity index (χ0v) is 8.63. The summed E-state index contributed by atoms with van der Waals surface area (Å²) in [6, 6.07) is 3.39. The predicted octanol–water partition coefficient (Wildman–Crippen LogP) is 2.58. The first-order valence-electron chi connectivity index (χ1n) is 4.94. The smallest absolute Gasteiger partial charge is 0.255 e. The number of alkyl halides is 2. The van der Waals surface area contributed by atoms with Crippen LogP contribution >= 0.6 is 0 Å². The fourth-order valence-corrected chi connectivity index (χ4v) is 1.09. The molecule has 1 rings (SSSR count). The van der Waals surface area contributed by atoms with Crippen molar-refractivity contribution in [1.29, 1.82) is 0 Å². The number of aromatic nitrogens is 1. The number of nitrogens with one attached hydrogen (secondary N) is 2. The molecule has 0 unspecified atom stereocenters. The molecular weight excluding hydrogens is 200 g/mol. The van der Waals surface area contributed by atoms with E-state index in [0.29, 0.717) is 11.5 Å². The van der Waals surface area contributed by atoms with Crippen molar-refractivity contribution in [2.75, 3.05) is 23.7 Å². The lowest BCUT2D eigenvalue weighted by molar-refractivity contribution is 0.163. The Morgan fingerprint density at radius 1 is 1.40 bits per heavy atom. The molecule has 3 nitrogen and oxygen atoms in total. The Morgan fingerprint density at radius 3 is 2.87 bits per heavy atom. The van der Waals surface area contributed by atoms with Crippen LogP contribution < -0.4 is 10.6 Å². The number of hydrogen-bond acceptors (Lipinski definition) is 3. The summed E-state index contributed by atoms with van der Waals surface area (Å²) in [5.41, 5.74) is 0.656. The van der Waals surface area contributed by atoms with Crippen molar-refractivity contribution in [3.63, 3.8) is 0 Å². The molecule has 5 heteroatoms. The summed E-state index contributed by atoms with van der Waals surface area (Å²) in [7, 11) is 0. The van der Waals surface area contributed by atoms with Crippen molar-refractivity contribution in [3.05, 3.63) is 18.3 Å². The van der Waals surface area contributed by atoms with E-state index in [1.165, 1.54) is 0 Å². The number of pyridine rings is 1. The minimum Gasteiger partial charge on any atom is -0.379 e. The molecule has 0 aliphatic heterocycles. The number of halogens is 2. The summed E-state index contributed by atoms with van der Waals surface area (Å²) in [6.07, 6.45) is 0.243. The van der Waals surface area contributed by atoms with Gasteiger partial charge >= 0.3 is 0 Å². The highest BCUT2D eigenvalue weighted by molar-refractivity contribution is 5.51. The van der Waals surface area contributed by atoms with E-state index < -0.39 is 6.43 Å². The standard InChI is InChI=1S/C10H15F2N3/c1-2-4-13-10-6-8(3-5-14-10)15-7-9(11)12/h3,5-6,9H,2,4,7H2,1H3,(H2,13,14,15). The molecule has 0 amide bonds. The van der Waals surface area contributed by atoms with Crippen molar-refractivity contribution >= 4 is 11.5 Å². The fourth-order valence-electron chi connectivity index (χ4n) is 1.09. The van der Waals surface area contributed by atoms with E-state index in [1.807, 2.05) is 6.92 Å². The topological polar surface area (TPSA) is 37.0 Å². The van der Waals surface area contributed by atoms with Gasteiger partial charge in [-0.05, 0) is 12.5 Å². The first-order chi connectivity index (χ1) is 7.22. The van der Waals surface area contributed by atoms with Gasteiger partial charge in [-0.25, -0.2) is 13.8 Å². The summed E-state index contributed by atoms with van der Waals surface area (Å²) in [5, 5.41) is 5.71. The van der Waals surface area contributed by atoms with Crippen LogP contribution in [0.4, 0.5) is 20.3 Å². The molecule has 0 saturated carbocycles. The summed E-state index contributed by atoms with van der Waals surface area (Å²) in [6.45, 7) is 2.54. The fraction of sp³-hybridized carbons (Fsp3) is 0.500. The maximum absolute atomic E-state index is 11.9. The van der Waals surface area contributed by atoms with Crippen molar-refractivity contribution in [3.8, 4) is 0 Å². The minimum atomic E-state index is -2.34. The molecule has 1 aromatic heterocycles. The van der Waals surface area contributed by atoms with Crippen molar-refractivity contribution in [1.82, 2.24) is 4.98 Å². The molecule has 0 atom stereocenters. The van der Waals surface area contributed by atoms with Gasteiger partial charge < -0.3 is 10.6 Å². The molecule has 0 aliphatic carbocycles. The molecule has 2 N–H and O–H groups in total. The first kappa shape index (κ1) is 11.7. The Balaban J connectivity index is 2.50. The molecule has 84 valence electrons. The lowest BCUT2D eigenvalue weighted by Crippen LogP contribution is -2.10. The highest BCUT2D eigenvalue weighted by Crippen LogP contribution is 2.12. The second kappa shape index (κ2) is 6.16. The van der Waals surface area contributed by atoms with Gasteiger partial charge in [-0.2, -0.15) is 0 Å². The third kappa shape index (κ3) is 4.58. The molecule has 0 aliphatic rings. The first-order valence-corrected chi connectivity index (χ1v) is 4.94. The van der Waals surface area contributed by atoms with E-state index in [4.69, 9.17) is 0 Å². The predicted molar refractivity (Wildman–Crippen MR) is 57.5 cm³/mol. The second-order valence-electron chi connectivity index (χ2n) is 3.13. The quantitative estimate of drug-likeness (QED) is 0.765. The molecule has 0 radical (unpaired) electrons. The Kier molecular flexibility index (Phi) is 4.80. The average molecular weight is 215 g/mol. The molecule has 0 aromatic carbocycles. The van der Waals surface area contributed by atoms with E-state index in [1.54, 1.807) is 18.3 Å². The second-order valence-corrected chi connectivity index (χ2v) is 3.13. The van der Waals surface area contributed by atoms with Crippen LogP contribution in [0.1, 0.15) is 13.3 Å². The number of anilines is 2. The minimum absolute atomic E-state index is 0.336. The molecule has 0 spiro atoms. The lowest BCUT2D eigenvalue weighted by atomic mass is 10.3. The van der Waals surface area contributed by atoms with Gasteiger partial charge in [0.1, 0.15) is 5.82 Å². The van der Waals surface area contributed by atoms with Crippen LogP contribution in [0.2, 0.25) is 0 Å². The van der Waals surface area contributed by atoms with Crippen molar-refractivity contribution < 1.29 is 8.78 Å². The van der Waals surface area contributed by atoms with Gasteiger partial charge in [-0.15, -0.1) is 0 Å². The van der Waals surface area contributed by atoms with Gasteiger partial charge in [-0.1, -0.05) is 6.92 Å². The molecule has 0 saturated heterocycles. The van der Waals surface area contributed by atoms with Crippen LogP contribution in [0, 0.1) is 0 Å². The maximum atomic E-state index is 11.9. The molecule has 15 heavy (non-hydrogen) atoms. The Labute approximate surface area is 87.9 Å². The molecule has 0 fully saturated rings. The molecule has 0 bridgehead atoms. The van der Waals surface area contributed by atoms with Crippen LogP contribution in [0.5, 0.6) is 0 Å². The number of rotatable bonds is 6. The highest BCUT2D eigenvalue weighted by Gasteiger charge is 2.02. The number of nitrogens with zero attached hydrogens (tertiary/aromatic N) is 1. The van der Waals surface area contributed by atoms with Gasteiger partial charge in [0.2, 0.25) is 0 Å². The van der Waals surface area contributed by atoms with E-state index in [-0.39, 0.29) is 6.54 Å². The summed E-state index contributed by atoms with van der Waals surface area (Å²) < 4.78 is 23.9. The average Bonchev–Trinajstić information content (AvgIpc) is 2.24. The van der Waals surface area contributed by atoms with Crippen LogP contribution in [-0.2, 0) is 0 Å². The van der Waals surface area contributed by atoms with E-state index in [9.17, 15) is 8.78 Å². The van der Waals surface area contributed by atoms with Crippen LogP contribution in [0.3, 0.4) is 0 Å². The van der Waals surface area contributed by atoms with Crippen LogP contribution in [0.15, 0.2) is 18.3 Å². The zero-order valence-electron chi connectivity index (χ0n) is 8.63. The van der Waals surface area contributed by atoms with Gasteiger partial charge in [0.25, 0.3) is 6.43 Å². The van der Waals surface area contributed by atoms with Crippen molar-refractivity contribution in [2.45, 2.75) is 19.8 Å². The van der Waals surface area contributed by atoms with Gasteiger partial charge in [0.15, 0.2) is 0 Å². The third-order valence-corrected chi connectivity index (χ3v) is 1.78.